The van der Waals surface area contributed by atoms with Crippen molar-refractivity contribution in [1.29, 1.82) is 0 Å². The van der Waals surface area contributed by atoms with Crippen LogP contribution < -0.4 is 11.1 Å². The Balaban J connectivity index is 2.22. The number of hydrogen-bond donors (Lipinski definition) is 3. The summed E-state index contributed by atoms with van der Waals surface area (Å²) in [6, 6.07) is 9.34. The van der Waals surface area contributed by atoms with Gasteiger partial charge in [0.15, 0.2) is 0 Å². The van der Waals surface area contributed by atoms with Gasteiger partial charge in [-0.25, -0.2) is 0 Å². The van der Waals surface area contributed by atoms with Crippen LogP contribution in [0.2, 0.25) is 0 Å². The lowest BCUT2D eigenvalue weighted by molar-refractivity contribution is -0.137. The minimum Gasteiger partial charge on any atom is -0.481 e. The number of benzene rings is 1. The van der Waals surface area contributed by atoms with E-state index in [9.17, 15) is 9.59 Å². The van der Waals surface area contributed by atoms with Gasteiger partial charge in [0.1, 0.15) is 5.69 Å². The van der Waals surface area contributed by atoms with Crippen LogP contribution in [0.3, 0.4) is 0 Å². The molecule has 1 aromatic heterocycles. The maximum Gasteiger partial charge on any atom is 0.306 e. The minimum atomic E-state index is -1.05. The molecule has 0 radical (unpaired) electrons. The lowest BCUT2D eigenvalue weighted by atomic mass is 10.2. The number of para-hydroxylation sites is 1. The highest BCUT2D eigenvalue weighted by atomic mass is 16.4. The van der Waals surface area contributed by atoms with Crippen molar-refractivity contribution >= 4 is 22.8 Å². The average Bonchev–Trinajstić information content (AvgIpc) is 2.66. The van der Waals surface area contributed by atoms with Gasteiger partial charge in [0.25, 0.3) is 5.91 Å². The molecule has 0 aliphatic heterocycles. The lowest BCUT2D eigenvalue weighted by Gasteiger charge is -2.12. The number of carboxylic acid groups (broad SMARTS) is 1. The maximum atomic E-state index is 12.0. The molecule has 2 aromatic rings. The first-order valence-corrected chi connectivity index (χ1v) is 5.81. The molecule has 6 heteroatoms. The number of fused-ring (bicyclic) bond motifs is 1. The molecule has 1 atom stereocenters. The predicted octanol–water partition coefficient (Wildman–Crippen LogP) is 0.668. The first kappa shape index (κ1) is 13.1. The van der Waals surface area contributed by atoms with Crippen molar-refractivity contribution in [2.75, 3.05) is 0 Å². The Hall–Kier alpha value is -2.34. The number of nitrogens with two attached hydrogens (primary N) is 1. The second kappa shape index (κ2) is 5.11. The van der Waals surface area contributed by atoms with Gasteiger partial charge in [0, 0.05) is 18.0 Å². The van der Waals surface area contributed by atoms with Gasteiger partial charge in [0.05, 0.1) is 12.6 Å². The Kier molecular flexibility index (Phi) is 3.52. The molecule has 100 valence electrons. The molecule has 1 heterocycles. The van der Waals surface area contributed by atoms with Crippen molar-refractivity contribution in [2.24, 2.45) is 12.8 Å². The van der Waals surface area contributed by atoms with Crippen LogP contribution in [0.4, 0.5) is 0 Å². The number of carboxylic acids is 1. The fourth-order valence-corrected chi connectivity index (χ4v) is 1.99. The van der Waals surface area contributed by atoms with Gasteiger partial charge in [-0.05, 0) is 12.1 Å². The fourth-order valence-electron chi connectivity index (χ4n) is 1.99. The molecule has 1 amide bonds. The molecule has 0 fully saturated rings. The van der Waals surface area contributed by atoms with E-state index in [2.05, 4.69) is 5.32 Å². The summed E-state index contributed by atoms with van der Waals surface area (Å²) in [7, 11) is 1.78. The van der Waals surface area contributed by atoms with E-state index >= 15 is 0 Å². The molecule has 19 heavy (non-hydrogen) atoms. The van der Waals surface area contributed by atoms with Crippen LogP contribution >= 0.6 is 0 Å². The summed E-state index contributed by atoms with van der Waals surface area (Å²) in [4.78, 5) is 22.5. The summed E-state index contributed by atoms with van der Waals surface area (Å²) in [6.07, 6.45) is -1.21. The molecule has 0 spiro atoms. The Morgan fingerprint density at radius 1 is 1.42 bits per heavy atom. The lowest BCUT2D eigenvalue weighted by Crippen LogP contribution is -2.43. The van der Waals surface area contributed by atoms with Crippen LogP contribution in [-0.4, -0.2) is 27.7 Å². The molecule has 1 aromatic carbocycles. The van der Waals surface area contributed by atoms with Crippen LogP contribution in [0.15, 0.2) is 30.3 Å². The van der Waals surface area contributed by atoms with E-state index in [-0.39, 0.29) is 12.3 Å². The molecule has 2 rings (SSSR count). The number of aliphatic carboxylic acids is 1. The molecule has 0 saturated carbocycles. The van der Waals surface area contributed by atoms with Gasteiger partial charge in [-0.2, -0.15) is 0 Å². The number of carbonyl (C=O) groups excluding carboxylic acids is 1. The molecule has 0 aliphatic rings. The van der Waals surface area contributed by atoms with Gasteiger partial charge in [-0.3, -0.25) is 9.59 Å². The molecule has 6 nitrogen and oxygen atoms in total. The largest absolute Gasteiger partial charge is 0.481 e. The first-order valence-electron chi connectivity index (χ1n) is 5.81. The number of nitrogens with one attached hydrogen (secondary N) is 1. The molecular weight excluding hydrogens is 246 g/mol. The Labute approximate surface area is 109 Å². The summed E-state index contributed by atoms with van der Waals surface area (Å²) in [5, 5.41) is 12.0. The monoisotopic (exact) mass is 261 g/mol. The van der Waals surface area contributed by atoms with Crippen LogP contribution in [0.5, 0.6) is 0 Å². The van der Waals surface area contributed by atoms with Crippen LogP contribution in [0.1, 0.15) is 16.9 Å². The third-order valence-electron chi connectivity index (χ3n) is 2.90. The number of aromatic nitrogens is 1. The smallest absolute Gasteiger partial charge is 0.306 e. The quantitative estimate of drug-likeness (QED) is 0.704. The number of nitrogens with zero attached hydrogens (tertiary/aromatic N) is 1. The van der Waals surface area contributed by atoms with Gasteiger partial charge in [-0.15, -0.1) is 0 Å². The van der Waals surface area contributed by atoms with E-state index in [1.165, 1.54) is 0 Å². The fraction of sp³-hybridized carbons (Fsp3) is 0.231. The second-order valence-electron chi connectivity index (χ2n) is 4.33. The summed E-state index contributed by atoms with van der Waals surface area (Å²) < 4.78 is 1.75. The van der Waals surface area contributed by atoms with Gasteiger partial charge in [-0.1, -0.05) is 18.2 Å². The Bertz CT molecular complexity index is 633. The van der Waals surface area contributed by atoms with Crippen LogP contribution in [0.25, 0.3) is 10.9 Å². The highest BCUT2D eigenvalue weighted by molar-refractivity contribution is 5.98. The average molecular weight is 261 g/mol. The standard InChI is InChI=1S/C13H15N3O3/c1-16-9-5-3-2-4-8(9)6-10(16)13(19)15-11(14)7-12(17)18/h2-6,11H,7,14H2,1H3,(H,15,19)(H,17,18). The highest BCUT2D eigenvalue weighted by Crippen LogP contribution is 2.18. The zero-order valence-electron chi connectivity index (χ0n) is 10.5. The van der Waals surface area contributed by atoms with E-state index in [1.54, 1.807) is 17.7 Å². The van der Waals surface area contributed by atoms with E-state index in [1.807, 2.05) is 24.3 Å². The number of rotatable bonds is 4. The third kappa shape index (κ3) is 2.74. The topological polar surface area (TPSA) is 97.4 Å². The van der Waals surface area contributed by atoms with Crippen molar-refractivity contribution in [2.45, 2.75) is 12.6 Å². The van der Waals surface area contributed by atoms with Gasteiger partial charge >= 0.3 is 5.97 Å². The van der Waals surface area contributed by atoms with Gasteiger partial charge in [0.2, 0.25) is 0 Å². The van der Waals surface area contributed by atoms with Crippen molar-refractivity contribution in [1.82, 2.24) is 9.88 Å². The molecule has 0 saturated heterocycles. The van der Waals surface area contributed by atoms with Crippen molar-refractivity contribution in [3.05, 3.63) is 36.0 Å². The van der Waals surface area contributed by atoms with Crippen molar-refractivity contribution in [3.8, 4) is 0 Å². The summed E-state index contributed by atoms with van der Waals surface area (Å²) in [6.45, 7) is 0. The zero-order chi connectivity index (χ0) is 14.0. The van der Waals surface area contributed by atoms with E-state index in [0.29, 0.717) is 5.69 Å². The number of amides is 1. The number of carbonyl (C=O) groups is 2. The first-order chi connectivity index (χ1) is 8.99. The van der Waals surface area contributed by atoms with Gasteiger partial charge < -0.3 is 20.7 Å². The molecule has 1 unspecified atom stereocenters. The molecule has 4 N–H and O–H groups in total. The highest BCUT2D eigenvalue weighted by Gasteiger charge is 2.16. The van der Waals surface area contributed by atoms with Crippen molar-refractivity contribution in [3.63, 3.8) is 0 Å². The maximum absolute atomic E-state index is 12.0. The van der Waals surface area contributed by atoms with E-state index in [0.717, 1.165) is 10.9 Å². The van der Waals surface area contributed by atoms with E-state index in [4.69, 9.17) is 10.8 Å². The molecule has 0 bridgehead atoms. The van der Waals surface area contributed by atoms with E-state index < -0.39 is 12.1 Å². The summed E-state index contributed by atoms with van der Waals surface area (Å²) in [5.41, 5.74) is 6.91. The minimum absolute atomic E-state index is 0.310. The Morgan fingerprint density at radius 3 is 2.74 bits per heavy atom. The van der Waals surface area contributed by atoms with Crippen LogP contribution in [-0.2, 0) is 11.8 Å². The molecular formula is C13H15N3O3. The normalized spacial score (nSPS) is 12.3. The molecule has 0 aliphatic carbocycles. The SMILES string of the molecule is Cn1c(C(=O)NC(N)CC(=O)O)cc2ccccc21. The number of hydrogen-bond acceptors (Lipinski definition) is 3. The van der Waals surface area contributed by atoms with Crippen LogP contribution in [0, 0.1) is 0 Å². The second-order valence-corrected chi connectivity index (χ2v) is 4.33. The van der Waals surface area contributed by atoms with Crippen molar-refractivity contribution < 1.29 is 14.7 Å². The zero-order valence-corrected chi connectivity index (χ0v) is 10.5. The summed E-state index contributed by atoms with van der Waals surface area (Å²) in [5.74, 6) is -1.43. The third-order valence-corrected chi connectivity index (χ3v) is 2.90. The summed E-state index contributed by atoms with van der Waals surface area (Å²) >= 11 is 0. The Morgan fingerprint density at radius 2 is 2.11 bits per heavy atom. The number of aryl methyl sites for hydroxylation is 1. The predicted molar refractivity (Wildman–Crippen MR) is 70.6 cm³/mol.